The summed E-state index contributed by atoms with van der Waals surface area (Å²) in [5, 5.41) is 0. The van der Waals surface area contributed by atoms with Crippen molar-refractivity contribution in [2.45, 2.75) is 31.1 Å². The van der Waals surface area contributed by atoms with E-state index in [1.54, 1.807) is 37.4 Å². The molecule has 8 heteroatoms. The van der Waals surface area contributed by atoms with Gasteiger partial charge < -0.3 is 15.2 Å². The summed E-state index contributed by atoms with van der Waals surface area (Å²) in [6.07, 6.45) is 1.57. The first-order valence-electron chi connectivity index (χ1n) is 9.60. The standard InChI is InChI=1S/C21H21FN4O3/c1-11-17-16(7-9-28-11)29-15-6-5-12(13-4-3-8-24-18(13)22)10-14(15)21(17)19(27)26(2)20(23)25-21/h3-6,8,10-11,16-17H,7,9H2,1-2H3,(H2,23,25)/t11-,16-,17-,21-/m0/s1. The number of nitrogens with zero attached hydrogens (tertiary/aromatic N) is 3. The minimum Gasteiger partial charge on any atom is -0.489 e. The van der Waals surface area contributed by atoms with Gasteiger partial charge in [-0.25, -0.2) is 9.98 Å². The number of halogens is 1. The van der Waals surface area contributed by atoms with Gasteiger partial charge in [0.15, 0.2) is 11.5 Å². The summed E-state index contributed by atoms with van der Waals surface area (Å²) in [6.45, 7) is 2.48. The molecule has 1 aromatic carbocycles. The van der Waals surface area contributed by atoms with E-state index in [-0.39, 0.29) is 30.0 Å². The van der Waals surface area contributed by atoms with Crippen molar-refractivity contribution >= 4 is 11.9 Å². The van der Waals surface area contributed by atoms with Gasteiger partial charge in [-0.15, -0.1) is 0 Å². The van der Waals surface area contributed by atoms with E-state index in [1.165, 1.54) is 11.1 Å². The zero-order chi connectivity index (χ0) is 20.3. The maximum absolute atomic E-state index is 14.3. The van der Waals surface area contributed by atoms with Gasteiger partial charge in [-0.1, -0.05) is 6.07 Å². The van der Waals surface area contributed by atoms with Crippen LogP contribution in [0, 0.1) is 11.9 Å². The van der Waals surface area contributed by atoms with Gasteiger partial charge in [0.25, 0.3) is 5.91 Å². The molecular weight excluding hydrogens is 375 g/mol. The molecule has 1 amide bonds. The average molecular weight is 396 g/mol. The summed E-state index contributed by atoms with van der Waals surface area (Å²) in [7, 11) is 1.61. The first-order valence-corrected chi connectivity index (χ1v) is 9.60. The normalized spacial score (nSPS) is 30.6. The maximum Gasteiger partial charge on any atom is 0.262 e. The second kappa shape index (κ2) is 6.25. The number of rotatable bonds is 1. The lowest BCUT2D eigenvalue weighted by atomic mass is 9.68. The van der Waals surface area contributed by atoms with E-state index in [9.17, 15) is 9.18 Å². The Morgan fingerprint density at radius 2 is 2.17 bits per heavy atom. The SMILES string of the molecule is C[C@@H]1OCC[C@@H]2Oc3ccc(-c4cccnc4F)cc3[C@]3(N=C(N)N(C)C3=O)[C@@H]12. The molecule has 0 aliphatic carbocycles. The number of ether oxygens (including phenoxy) is 2. The molecule has 5 rings (SSSR count). The summed E-state index contributed by atoms with van der Waals surface area (Å²) in [4.78, 5) is 23.3. The third-order valence-corrected chi connectivity index (χ3v) is 6.18. The summed E-state index contributed by atoms with van der Waals surface area (Å²) in [5.74, 6) is -0.432. The van der Waals surface area contributed by atoms with Crippen molar-refractivity contribution < 1.29 is 18.7 Å². The zero-order valence-electron chi connectivity index (χ0n) is 16.1. The predicted molar refractivity (Wildman–Crippen MR) is 104 cm³/mol. The van der Waals surface area contributed by atoms with E-state index in [0.29, 0.717) is 35.5 Å². The summed E-state index contributed by atoms with van der Waals surface area (Å²) < 4.78 is 26.5. The monoisotopic (exact) mass is 396 g/mol. The highest BCUT2D eigenvalue weighted by Crippen LogP contribution is 2.53. The van der Waals surface area contributed by atoms with Crippen LogP contribution in [0.1, 0.15) is 18.9 Å². The van der Waals surface area contributed by atoms with Gasteiger partial charge in [-0.2, -0.15) is 4.39 Å². The number of hydrogen-bond donors (Lipinski definition) is 1. The second-order valence-electron chi connectivity index (χ2n) is 7.70. The van der Waals surface area contributed by atoms with Crippen LogP contribution in [-0.4, -0.2) is 47.6 Å². The minimum absolute atomic E-state index is 0.150. The number of benzene rings is 1. The van der Waals surface area contributed by atoms with Crippen LogP contribution >= 0.6 is 0 Å². The molecule has 7 nitrogen and oxygen atoms in total. The fourth-order valence-electron chi connectivity index (χ4n) is 4.79. The van der Waals surface area contributed by atoms with E-state index in [0.717, 1.165) is 0 Å². The van der Waals surface area contributed by atoms with Gasteiger partial charge >= 0.3 is 0 Å². The van der Waals surface area contributed by atoms with Gasteiger partial charge in [0.2, 0.25) is 5.95 Å². The van der Waals surface area contributed by atoms with Gasteiger partial charge in [-0.3, -0.25) is 9.69 Å². The number of likely N-dealkylation sites (N-methyl/N-ethyl adjacent to an activating group) is 1. The number of fused-ring (bicyclic) bond motifs is 4. The van der Waals surface area contributed by atoms with Crippen molar-refractivity contribution in [2.75, 3.05) is 13.7 Å². The van der Waals surface area contributed by atoms with Gasteiger partial charge in [0, 0.05) is 30.8 Å². The first kappa shape index (κ1) is 18.1. The first-order chi connectivity index (χ1) is 13.9. The summed E-state index contributed by atoms with van der Waals surface area (Å²) in [5.41, 5.74) is 6.33. The highest BCUT2D eigenvalue weighted by atomic mass is 19.1. The minimum atomic E-state index is -1.26. The highest BCUT2D eigenvalue weighted by molar-refractivity contribution is 6.07. The summed E-state index contributed by atoms with van der Waals surface area (Å²) in [6, 6.07) is 8.62. The molecule has 150 valence electrons. The Morgan fingerprint density at radius 3 is 2.90 bits per heavy atom. The lowest BCUT2D eigenvalue weighted by Crippen LogP contribution is -2.58. The van der Waals surface area contributed by atoms with Crippen molar-refractivity contribution in [1.82, 2.24) is 9.88 Å². The van der Waals surface area contributed by atoms with Crippen LogP contribution < -0.4 is 10.5 Å². The third kappa shape index (κ3) is 2.42. The molecule has 2 aromatic rings. The van der Waals surface area contributed by atoms with Gasteiger partial charge in [-0.05, 0) is 36.8 Å². The topological polar surface area (TPSA) is 90.0 Å². The number of pyridine rings is 1. The van der Waals surface area contributed by atoms with Crippen LogP contribution in [0.4, 0.5) is 4.39 Å². The quantitative estimate of drug-likeness (QED) is 0.746. The number of hydrogen-bond acceptors (Lipinski definition) is 6. The highest BCUT2D eigenvalue weighted by Gasteiger charge is 2.62. The smallest absolute Gasteiger partial charge is 0.262 e. The molecule has 0 saturated carbocycles. The van der Waals surface area contributed by atoms with Crippen LogP contribution in [0.5, 0.6) is 5.75 Å². The molecule has 1 spiro atoms. The molecule has 1 aromatic heterocycles. The van der Waals surface area contributed by atoms with Gasteiger partial charge in [0.1, 0.15) is 11.9 Å². The van der Waals surface area contributed by atoms with E-state index in [2.05, 4.69) is 9.98 Å². The van der Waals surface area contributed by atoms with Crippen LogP contribution in [0.2, 0.25) is 0 Å². The summed E-state index contributed by atoms with van der Waals surface area (Å²) >= 11 is 0. The Morgan fingerprint density at radius 1 is 1.34 bits per heavy atom. The molecule has 29 heavy (non-hydrogen) atoms. The molecule has 1 saturated heterocycles. The van der Waals surface area contributed by atoms with Crippen molar-refractivity contribution in [3.63, 3.8) is 0 Å². The molecule has 4 atom stereocenters. The number of amides is 1. The van der Waals surface area contributed by atoms with E-state index >= 15 is 0 Å². The molecule has 0 unspecified atom stereocenters. The number of aromatic nitrogens is 1. The molecule has 0 radical (unpaired) electrons. The van der Waals surface area contributed by atoms with E-state index in [1.807, 2.05) is 6.92 Å². The lowest BCUT2D eigenvalue weighted by Gasteiger charge is -2.48. The Balaban J connectivity index is 1.76. The van der Waals surface area contributed by atoms with Crippen LogP contribution in [0.25, 0.3) is 11.1 Å². The number of guanidine groups is 1. The van der Waals surface area contributed by atoms with Crippen molar-refractivity contribution in [3.8, 4) is 16.9 Å². The van der Waals surface area contributed by atoms with Crippen molar-refractivity contribution in [1.29, 1.82) is 0 Å². The van der Waals surface area contributed by atoms with E-state index in [4.69, 9.17) is 15.2 Å². The van der Waals surface area contributed by atoms with Crippen LogP contribution in [-0.2, 0) is 15.1 Å². The Bertz CT molecular complexity index is 1040. The largest absolute Gasteiger partial charge is 0.489 e. The van der Waals surface area contributed by atoms with Crippen molar-refractivity contribution in [2.24, 2.45) is 16.6 Å². The number of carbonyl (C=O) groups is 1. The average Bonchev–Trinajstić information content (AvgIpc) is 2.93. The van der Waals surface area contributed by atoms with Crippen LogP contribution in [0.15, 0.2) is 41.5 Å². The molecule has 1 fully saturated rings. The fraction of sp³-hybridized carbons (Fsp3) is 0.381. The third-order valence-electron chi connectivity index (χ3n) is 6.18. The number of aliphatic imine (C=N–C) groups is 1. The Hall–Kier alpha value is -3.00. The predicted octanol–water partition coefficient (Wildman–Crippen LogP) is 2.06. The number of nitrogens with two attached hydrogens (primary N) is 1. The molecule has 2 N–H and O–H groups in total. The number of carbonyl (C=O) groups excluding carboxylic acids is 1. The van der Waals surface area contributed by atoms with Gasteiger partial charge in [0.05, 0.1) is 18.6 Å². The molecule has 3 aliphatic rings. The maximum atomic E-state index is 14.3. The zero-order valence-corrected chi connectivity index (χ0v) is 16.1. The molecule has 3 aliphatic heterocycles. The molecular formula is C21H21FN4O3. The molecule has 4 heterocycles. The second-order valence-corrected chi connectivity index (χ2v) is 7.70. The lowest BCUT2D eigenvalue weighted by molar-refractivity contribution is -0.149. The fourth-order valence-corrected chi connectivity index (χ4v) is 4.79. The van der Waals surface area contributed by atoms with Crippen LogP contribution in [0.3, 0.4) is 0 Å². The Labute approximate surface area is 167 Å². The van der Waals surface area contributed by atoms with E-state index < -0.39 is 11.5 Å². The molecule has 0 bridgehead atoms. The van der Waals surface area contributed by atoms with Crippen molar-refractivity contribution in [3.05, 3.63) is 48.0 Å². The Kier molecular flexibility index (Phi) is 3.89.